The Morgan fingerprint density at radius 1 is 1.38 bits per heavy atom. The van der Waals surface area contributed by atoms with Gasteiger partial charge < -0.3 is 5.32 Å². The van der Waals surface area contributed by atoms with Gasteiger partial charge >= 0.3 is 0 Å². The van der Waals surface area contributed by atoms with Gasteiger partial charge in [0.15, 0.2) is 5.78 Å². The van der Waals surface area contributed by atoms with E-state index < -0.39 is 5.41 Å². The first-order chi connectivity index (χ1) is 9.85. The third-order valence-corrected chi connectivity index (χ3v) is 4.47. The molecule has 4 nitrogen and oxygen atoms in total. The normalized spacial score (nSPS) is 22.3. The summed E-state index contributed by atoms with van der Waals surface area (Å²) in [6.07, 6.45) is 0.744. The fraction of sp³-hybridized carbons (Fsp3) is 0.467. The molecule has 1 aromatic rings. The number of Topliss-reactive ketones (excluding diaryl/α,β-unsaturated/α-hetero) is 1. The highest BCUT2D eigenvalue weighted by Crippen LogP contribution is 2.30. The molecular weight excluding hydrogens is 311 g/mol. The number of amides is 1. The lowest BCUT2D eigenvalue weighted by atomic mass is 9.89. The van der Waals surface area contributed by atoms with Crippen molar-refractivity contribution in [3.05, 3.63) is 33.8 Å². The molecule has 1 aliphatic rings. The third-order valence-electron chi connectivity index (χ3n) is 3.93. The largest absolute Gasteiger partial charge is 0.359 e. The van der Waals surface area contributed by atoms with Gasteiger partial charge in [-0.25, -0.2) is 0 Å². The zero-order valence-electron chi connectivity index (χ0n) is 12.1. The number of likely N-dealkylation sites (tertiary alicyclic amines) is 1. The number of carbonyl (C=O) groups excluding carboxylic acids is 2. The van der Waals surface area contributed by atoms with Crippen molar-refractivity contribution in [3.63, 3.8) is 0 Å². The summed E-state index contributed by atoms with van der Waals surface area (Å²) in [4.78, 5) is 26.2. The van der Waals surface area contributed by atoms with Crippen LogP contribution in [0.4, 0.5) is 0 Å². The minimum Gasteiger partial charge on any atom is -0.359 e. The summed E-state index contributed by atoms with van der Waals surface area (Å²) in [6, 6.07) is 4.86. The van der Waals surface area contributed by atoms with Crippen LogP contribution in [-0.2, 0) is 4.79 Å². The Morgan fingerprint density at radius 3 is 2.71 bits per heavy atom. The molecule has 6 heteroatoms. The maximum atomic E-state index is 12.3. The molecule has 1 aliphatic heterocycles. The van der Waals surface area contributed by atoms with Crippen LogP contribution in [-0.4, -0.2) is 43.3 Å². The predicted octanol–water partition coefficient (Wildman–Crippen LogP) is 2.63. The van der Waals surface area contributed by atoms with Gasteiger partial charge in [-0.1, -0.05) is 23.2 Å². The number of carbonyl (C=O) groups is 2. The van der Waals surface area contributed by atoms with Crippen LogP contribution in [0, 0.1) is 5.41 Å². The van der Waals surface area contributed by atoms with Gasteiger partial charge in [0.2, 0.25) is 5.91 Å². The molecule has 0 spiro atoms. The van der Waals surface area contributed by atoms with Gasteiger partial charge in [-0.15, -0.1) is 0 Å². The molecule has 1 aromatic carbocycles. The van der Waals surface area contributed by atoms with Crippen LogP contribution in [0.2, 0.25) is 10.0 Å². The summed E-state index contributed by atoms with van der Waals surface area (Å²) >= 11 is 11.9. The van der Waals surface area contributed by atoms with E-state index in [9.17, 15) is 9.59 Å². The highest BCUT2D eigenvalue weighted by atomic mass is 35.5. The Morgan fingerprint density at radius 2 is 2.10 bits per heavy atom. The lowest BCUT2D eigenvalue weighted by Crippen LogP contribution is -2.40. The van der Waals surface area contributed by atoms with Crippen molar-refractivity contribution < 1.29 is 9.59 Å². The molecular formula is C15H18Cl2N2O2. The van der Waals surface area contributed by atoms with Gasteiger partial charge in [-0.05, 0) is 38.1 Å². The molecule has 0 aliphatic carbocycles. The van der Waals surface area contributed by atoms with E-state index >= 15 is 0 Å². The van der Waals surface area contributed by atoms with E-state index in [0.29, 0.717) is 22.2 Å². The highest BCUT2D eigenvalue weighted by molar-refractivity contribution is 6.36. The molecule has 1 atom stereocenters. The lowest BCUT2D eigenvalue weighted by molar-refractivity contribution is -0.129. The zero-order valence-corrected chi connectivity index (χ0v) is 13.6. The molecule has 0 radical (unpaired) electrons. The fourth-order valence-corrected chi connectivity index (χ4v) is 3.20. The molecule has 1 fully saturated rings. The van der Waals surface area contributed by atoms with Gasteiger partial charge in [0.05, 0.1) is 17.0 Å². The Bertz CT molecular complexity index is 577. The molecule has 0 saturated carbocycles. The minimum atomic E-state index is -0.432. The number of hydrogen-bond acceptors (Lipinski definition) is 3. The van der Waals surface area contributed by atoms with Crippen molar-refractivity contribution >= 4 is 34.9 Å². The molecule has 1 N–H and O–H groups in total. The second-order valence-electron chi connectivity index (χ2n) is 5.65. The number of nitrogens with zero attached hydrogens (tertiary/aromatic N) is 1. The van der Waals surface area contributed by atoms with E-state index in [1.165, 1.54) is 0 Å². The van der Waals surface area contributed by atoms with Gasteiger partial charge in [-0.3, -0.25) is 14.5 Å². The molecule has 1 heterocycles. The number of benzene rings is 1. The molecule has 0 aromatic heterocycles. The van der Waals surface area contributed by atoms with Gasteiger partial charge in [0, 0.05) is 24.2 Å². The Labute approximate surface area is 134 Å². The summed E-state index contributed by atoms with van der Waals surface area (Å²) in [5.41, 5.74) is 0.0355. The number of rotatable bonds is 4. The number of hydrogen-bond donors (Lipinski definition) is 1. The van der Waals surface area contributed by atoms with Crippen molar-refractivity contribution in [2.75, 3.05) is 26.7 Å². The highest BCUT2D eigenvalue weighted by Gasteiger charge is 2.40. The van der Waals surface area contributed by atoms with Crippen LogP contribution in [0.25, 0.3) is 0 Å². The predicted molar refractivity (Wildman–Crippen MR) is 84.0 cm³/mol. The van der Waals surface area contributed by atoms with E-state index in [2.05, 4.69) is 5.32 Å². The molecule has 1 unspecified atom stereocenters. The maximum Gasteiger partial charge on any atom is 0.227 e. The average molecular weight is 329 g/mol. The summed E-state index contributed by atoms with van der Waals surface area (Å²) in [6.45, 7) is 3.48. The van der Waals surface area contributed by atoms with Crippen molar-refractivity contribution in [1.82, 2.24) is 10.2 Å². The maximum absolute atomic E-state index is 12.3. The van der Waals surface area contributed by atoms with Gasteiger partial charge in [0.1, 0.15) is 0 Å². The van der Waals surface area contributed by atoms with Gasteiger partial charge in [-0.2, -0.15) is 0 Å². The van der Waals surface area contributed by atoms with E-state index in [4.69, 9.17) is 23.2 Å². The van der Waals surface area contributed by atoms with Crippen LogP contribution < -0.4 is 5.32 Å². The van der Waals surface area contributed by atoms with Crippen molar-refractivity contribution in [1.29, 1.82) is 0 Å². The Balaban J connectivity index is 2.03. The molecule has 114 valence electrons. The van der Waals surface area contributed by atoms with Crippen molar-refractivity contribution in [2.24, 2.45) is 5.41 Å². The molecule has 0 bridgehead atoms. The third kappa shape index (κ3) is 3.57. The molecule has 1 saturated heterocycles. The zero-order chi connectivity index (χ0) is 15.6. The first kappa shape index (κ1) is 16.3. The van der Waals surface area contributed by atoms with Crippen LogP contribution >= 0.6 is 23.2 Å². The quantitative estimate of drug-likeness (QED) is 0.864. The van der Waals surface area contributed by atoms with E-state index in [-0.39, 0.29) is 18.2 Å². The van der Waals surface area contributed by atoms with Crippen LogP contribution in [0.5, 0.6) is 0 Å². The van der Waals surface area contributed by atoms with E-state index in [0.717, 1.165) is 13.0 Å². The fourth-order valence-electron chi connectivity index (χ4n) is 2.68. The van der Waals surface area contributed by atoms with Crippen molar-refractivity contribution in [3.8, 4) is 0 Å². The van der Waals surface area contributed by atoms with Crippen molar-refractivity contribution in [2.45, 2.75) is 13.3 Å². The summed E-state index contributed by atoms with van der Waals surface area (Å²) in [7, 11) is 1.63. The smallest absolute Gasteiger partial charge is 0.227 e. The topological polar surface area (TPSA) is 49.4 Å². The number of nitrogens with one attached hydrogen (secondary N) is 1. The Kier molecular flexibility index (Phi) is 4.91. The molecule has 1 amide bonds. The van der Waals surface area contributed by atoms with E-state index in [1.54, 1.807) is 25.2 Å². The summed E-state index contributed by atoms with van der Waals surface area (Å²) in [5.74, 6) is -0.0419. The number of ketones is 1. The monoisotopic (exact) mass is 328 g/mol. The standard InChI is InChI=1S/C15H18Cl2N2O2/c1-15(14(21)18-2)5-6-19(9-15)8-13(20)11-4-3-10(16)7-12(11)17/h3-4,7H,5-6,8-9H2,1-2H3,(H,18,21). The first-order valence-electron chi connectivity index (χ1n) is 6.78. The SMILES string of the molecule is CNC(=O)C1(C)CCN(CC(=O)c2ccc(Cl)cc2Cl)C1. The molecule has 2 rings (SSSR count). The average Bonchev–Trinajstić information content (AvgIpc) is 2.80. The summed E-state index contributed by atoms with van der Waals surface area (Å²) < 4.78 is 0. The Hall–Kier alpha value is -1.10. The molecule has 21 heavy (non-hydrogen) atoms. The van der Waals surface area contributed by atoms with Crippen LogP contribution in [0.15, 0.2) is 18.2 Å². The number of halogens is 2. The second-order valence-corrected chi connectivity index (χ2v) is 6.49. The minimum absolute atomic E-state index is 0.0157. The van der Waals surface area contributed by atoms with Crippen LogP contribution in [0.3, 0.4) is 0 Å². The first-order valence-corrected chi connectivity index (χ1v) is 7.54. The summed E-state index contributed by atoms with van der Waals surface area (Å²) in [5, 5.41) is 3.55. The van der Waals surface area contributed by atoms with Gasteiger partial charge in [0.25, 0.3) is 0 Å². The lowest BCUT2D eigenvalue weighted by Gasteiger charge is -2.22. The van der Waals surface area contributed by atoms with E-state index in [1.807, 2.05) is 11.8 Å². The van der Waals surface area contributed by atoms with Crippen LogP contribution in [0.1, 0.15) is 23.7 Å². The second kappa shape index (κ2) is 6.34.